The molecule has 0 aliphatic carbocycles. The quantitative estimate of drug-likeness (QED) is 0.683. The van der Waals surface area contributed by atoms with Crippen molar-refractivity contribution in [2.75, 3.05) is 5.75 Å². The van der Waals surface area contributed by atoms with E-state index in [9.17, 15) is 4.79 Å². The van der Waals surface area contributed by atoms with Gasteiger partial charge in [-0.05, 0) is 52.0 Å². The summed E-state index contributed by atoms with van der Waals surface area (Å²) >= 11 is 1.37. The van der Waals surface area contributed by atoms with Crippen molar-refractivity contribution >= 4 is 17.7 Å². The third-order valence-corrected chi connectivity index (χ3v) is 4.64. The molecule has 0 spiro atoms. The Hall–Kier alpha value is -2.67. The zero-order chi connectivity index (χ0) is 19.4. The number of amides is 1. The van der Waals surface area contributed by atoms with E-state index in [4.69, 9.17) is 0 Å². The SMILES string of the molecule is Cc1ccc(-n2c(SCC(=O)NC(C)(C)C)nnc2-c2ccncc2)cc1. The second-order valence-electron chi connectivity index (χ2n) is 7.30. The summed E-state index contributed by atoms with van der Waals surface area (Å²) in [5.41, 5.74) is 2.79. The van der Waals surface area contributed by atoms with Gasteiger partial charge in [-0.2, -0.15) is 0 Å². The minimum absolute atomic E-state index is 0.0311. The van der Waals surface area contributed by atoms with Crippen molar-refractivity contribution in [2.24, 2.45) is 0 Å². The van der Waals surface area contributed by atoms with E-state index in [1.807, 2.05) is 68.7 Å². The van der Waals surface area contributed by atoms with Crippen LogP contribution in [0, 0.1) is 6.92 Å². The summed E-state index contributed by atoms with van der Waals surface area (Å²) in [5, 5.41) is 12.4. The molecule has 0 fully saturated rings. The van der Waals surface area contributed by atoms with Crippen molar-refractivity contribution in [1.29, 1.82) is 0 Å². The van der Waals surface area contributed by atoms with Crippen molar-refractivity contribution < 1.29 is 4.79 Å². The Morgan fingerprint density at radius 1 is 1.07 bits per heavy atom. The monoisotopic (exact) mass is 381 g/mol. The van der Waals surface area contributed by atoms with Crippen LogP contribution in [0.15, 0.2) is 53.9 Å². The van der Waals surface area contributed by atoms with Crippen LogP contribution in [0.2, 0.25) is 0 Å². The number of rotatable bonds is 5. The lowest BCUT2D eigenvalue weighted by Crippen LogP contribution is -2.41. The Balaban J connectivity index is 1.93. The van der Waals surface area contributed by atoms with E-state index in [0.717, 1.165) is 17.1 Å². The lowest BCUT2D eigenvalue weighted by atomic mass is 10.1. The highest BCUT2D eigenvalue weighted by Crippen LogP contribution is 2.27. The van der Waals surface area contributed by atoms with Crippen molar-refractivity contribution in [2.45, 2.75) is 38.4 Å². The molecule has 140 valence electrons. The summed E-state index contributed by atoms with van der Waals surface area (Å²) in [4.78, 5) is 16.3. The standard InChI is InChI=1S/C20H23N5OS/c1-14-5-7-16(8-6-14)25-18(15-9-11-21-12-10-15)23-24-19(25)27-13-17(26)22-20(2,3)4/h5-12H,13H2,1-4H3,(H,22,26). The second kappa shape index (κ2) is 7.92. The fraction of sp³-hybridized carbons (Fsp3) is 0.300. The number of hydrogen-bond donors (Lipinski definition) is 1. The number of aryl methyl sites for hydroxylation is 1. The number of pyridine rings is 1. The van der Waals surface area contributed by atoms with Crippen LogP contribution in [-0.2, 0) is 4.79 Å². The van der Waals surface area contributed by atoms with Gasteiger partial charge in [-0.15, -0.1) is 10.2 Å². The maximum absolute atomic E-state index is 12.2. The van der Waals surface area contributed by atoms with Gasteiger partial charge in [0.1, 0.15) is 0 Å². The van der Waals surface area contributed by atoms with Gasteiger partial charge < -0.3 is 5.32 Å². The van der Waals surface area contributed by atoms with Crippen molar-refractivity contribution in [1.82, 2.24) is 25.1 Å². The summed E-state index contributed by atoms with van der Waals surface area (Å²) in [6, 6.07) is 12.0. The Bertz CT molecular complexity index is 914. The molecule has 0 saturated carbocycles. The number of aromatic nitrogens is 4. The maximum Gasteiger partial charge on any atom is 0.230 e. The van der Waals surface area contributed by atoms with Crippen LogP contribution in [0.3, 0.4) is 0 Å². The first-order valence-corrected chi connectivity index (χ1v) is 9.69. The molecule has 27 heavy (non-hydrogen) atoms. The predicted molar refractivity (Wildman–Crippen MR) is 108 cm³/mol. The van der Waals surface area contributed by atoms with Crippen molar-refractivity contribution in [3.05, 3.63) is 54.4 Å². The molecule has 2 heterocycles. The van der Waals surface area contributed by atoms with Crippen LogP contribution < -0.4 is 5.32 Å². The van der Waals surface area contributed by atoms with E-state index in [0.29, 0.717) is 5.16 Å². The average molecular weight is 382 g/mol. The largest absolute Gasteiger partial charge is 0.351 e. The zero-order valence-corrected chi connectivity index (χ0v) is 16.7. The Kier molecular flexibility index (Phi) is 5.60. The van der Waals surface area contributed by atoms with E-state index in [2.05, 4.69) is 20.5 Å². The first-order chi connectivity index (χ1) is 12.8. The molecule has 6 nitrogen and oxygen atoms in total. The lowest BCUT2D eigenvalue weighted by Gasteiger charge is -2.20. The molecular formula is C20H23N5OS. The second-order valence-corrected chi connectivity index (χ2v) is 8.24. The van der Waals surface area contributed by atoms with Gasteiger partial charge in [0.25, 0.3) is 0 Å². The van der Waals surface area contributed by atoms with Crippen LogP contribution in [0.4, 0.5) is 0 Å². The highest BCUT2D eigenvalue weighted by Gasteiger charge is 2.19. The van der Waals surface area contributed by atoms with Gasteiger partial charge in [0.05, 0.1) is 5.75 Å². The third-order valence-electron chi connectivity index (χ3n) is 3.71. The molecule has 1 N–H and O–H groups in total. The van der Waals surface area contributed by atoms with Crippen molar-refractivity contribution in [3.8, 4) is 17.1 Å². The van der Waals surface area contributed by atoms with E-state index < -0.39 is 0 Å². The molecular weight excluding hydrogens is 358 g/mol. The molecule has 0 saturated heterocycles. The number of benzene rings is 1. The molecule has 0 bridgehead atoms. The molecule has 0 aliphatic heterocycles. The molecule has 7 heteroatoms. The Labute approximate surface area is 163 Å². The molecule has 0 unspecified atom stereocenters. The number of nitrogens with one attached hydrogen (secondary N) is 1. The van der Waals surface area contributed by atoms with Crippen LogP contribution >= 0.6 is 11.8 Å². The predicted octanol–water partition coefficient (Wildman–Crippen LogP) is 3.64. The molecule has 3 rings (SSSR count). The van der Waals surface area contributed by atoms with Gasteiger partial charge in [0, 0.05) is 29.2 Å². The zero-order valence-electron chi connectivity index (χ0n) is 15.9. The van der Waals surface area contributed by atoms with E-state index >= 15 is 0 Å². The van der Waals surface area contributed by atoms with Gasteiger partial charge in [-0.3, -0.25) is 14.3 Å². The fourth-order valence-electron chi connectivity index (χ4n) is 2.56. The van der Waals surface area contributed by atoms with E-state index in [1.165, 1.54) is 17.3 Å². The number of carbonyl (C=O) groups excluding carboxylic acids is 1. The van der Waals surface area contributed by atoms with E-state index in [-0.39, 0.29) is 17.2 Å². The smallest absolute Gasteiger partial charge is 0.230 e. The van der Waals surface area contributed by atoms with Crippen LogP contribution in [0.25, 0.3) is 17.1 Å². The molecule has 1 amide bonds. The van der Waals surface area contributed by atoms with Gasteiger partial charge in [-0.25, -0.2) is 0 Å². The summed E-state index contributed by atoms with van der Waals surface area (Å²) in [5.74, 6) is 0.967. The van der Waals surface area contributed by atoms with Gasteiger partial charge in [-0.1, -0.05) is 29.5 Å². The molecule has 0 aliphatic rings. The highest BCUT2D eigenvalue weighted by atomic mass is 32.2. The maximum atomic E-state index is 12.2. The molecule has 2 aromatic heterocycles. The summed E-state index contributed by atoms with van der Waals surface area (Å²) < 4.78 is 1.98. The Morgan fingerprint density at radius 2 is 1.74 bits per heavy atom. The first-order valence-electron chi connectivity index (χ1n) is 8.70. The number of hydrogen-bond acceptors (Lipinski definition) is 5. The third kappa shape index (κ3) is 4.95. The summed E-state index contributed by atoms with van der Waals surface area (Å²) in [6.45, 7) is 7.94. The van der Waals surface area contributed by atoms with Crippen LogP contribution in [0.5, 0.6) is 0 Å². The van der Waals surface area contributed by atoms with Gasteiger partial charge in [0.15, 0.2) is 11.0 Å². The van der Waals surface area contributed by atoms with Crippen LogP contribution in [0.1, 0.15) is 26.3 Å². The minimum atomic E-state index is -0.259. The topological polar surface area (TPSA) is 72.7 Å². The fourth-order valence-corrected chi connectivity index (χ4v) is 3.31. The first kappa shape index (κ1) is 19.1. The van der Waals surface area contributed by atoms with Crippen LogP contribution in [-0.4, -0.2) is 36.9 Å². The van der Waals surface area contributed by atoms with Crippen molar-refractivity contribution in [3.63, 3.8) is 0 Å². The summed E-state index contributed by atoms with van der Waals surface area (Å²) in [7, 11) is 0. The Morgan fingerprint density at radius 3 is 2.37 bits per heavy atom. The minimum Gasteiger partial charge on any atom is -0.351 e. The molecule has 3 aromatic rings. The van der Waals surface area contributed by atoms with E-state index in [1.54, 1.807) is 12.4 Å². The summed E-state index contributed by atoms with van der Waals surface area (Å²) in [6.07, 6.45) is 3.46. The van der Waals surface area contributed by atoms with Gasteiger partial charge in [0.2, 0.25) is 5.91 Å². The number of carbonyl (C=O) groups is 1. The number of nitrogens with zero attached hydrogens (tertiary/aromatic N) is 4. The number of thioether (sulfide) groups is 1. The molecule has 0 radical (unpaired) electrons. The highest BCUT2D eigenvalue weighted by molar-refractivity contribution is 7.99. The normalized spacial score (nSPS) is 11.4. The molecule has 1 aromatic carbocycles. The lowest BCUT2D eigenvalue weighted by molar-refractivity contribution is -0.119. The average Bonchev–Trinajstić information content (AvgIpc) is 3.04. The molecule has 0 atom stereocenters. The van der Waals surface area contributed by atoms with Gasteiger partial charge >= 0.3 is 0 Å².